The first-order valence-corrected chi connectivity index (χ1v) is 7.35. The van der Waals surface area contributed by atoms with Crippen LogP contribution in [0, 0.1) is 6.92 Å². The zero-order valence-corrected chi connectivity index (χ0v) is 14.0. The van der Waals surface area contributed by atoms with Gasteiger partial charge >= 0.3 is 0 Å². The van der Waals surface area contributed by atoms with E-state index in [1.165, 1.54) is 0 Å². The molecule has 0 aliphatic heterocycles. The summed E-state index contributed by atoms with van der Waals surface area (Å²) in [5.74, 6) is 1.51. The van der Waals surface area contributed by atoms with Crippen molar-refractivity contribution in [2.45, 2.75) is 39.8 Å². The van der Waals surface area contributed by atoms with Crippen LogP contribution in [0.25, 0.3) is 0 Å². The minimum absolute atomic E-state index is 0.0415. The van der Waals surface area contributed by atoms with Crippen LogP contribution in [0.15, 0.2) is 24.3 Å². The highest BCUT2D eigenvalue weighted by Gasteiger charge is 2.18. The molecule has 0 radical (unpaired) electrons. The average molecular weight is 308 g/mol. The second-order valence-electron chi connectivity index (χ2n) is 6.15. The Morgan fingerprint density at radius 1 is 1.24 bits per heavy atom. The third-order valence-electron chi connectivity index (χ3n) is 3.11. The maximum Gasteiger partial charge on any atom is 0.222 e. The Balaban J connectivity index is 2.24. The van der Waals surface area contributed by atoms with E-state index in [1.807, 2.05) is 38.2 Å². The van der Waals surface area contributed by atoms with Crippen molar-refractivity contribution in [1.82, 2.24) is 15.1 Å². The van der Waals surface area contributed by atoms with E-state index in [2.05, 4.69) is 31.2 Å². The minimum atomic E-state index is 0.0415. The number of hydrogen-bond donors (Lipinski definition) is 1. The van der Waals surface area contributed by atoms with Gasteiger partial charge in [0.25, 0.3) is 0 Å². The maximum atomic E-state index is 5.98. The zero-order valence-electron chi connectivity index (χ0n) is 13.2. The van der Waals surface area contributed by atoms with Crippen LogP contribution in [0.3, 0.4) is 0 Å². The highest BCUT2D eigenvalue weighted by atomic mass is 35.5. The number of rotatable bonds is 4. The van der Waals surface area contributed by atoms with E-state index in [4.69, 9.17) is 16.3 Å². The topological polar surface area (TPSA) is 39.1 Å². The van der Waals surface area contributed by atoms with Gasteiger partial charge < -0.3 is 10.1 Å². The van der Waals surface area contributed by atoms with Crippen molar-refractivity contribution in [3.8, 4) is 11.6 Å². The van der Waals surface area contributed by atoms with Crippen molar-refractivity contribution >= 4 is 11.6 Å². The Labute approximate surface area is 131 Å². The molecule has 1 aromatic heterocycles. The maximum absolute atomic E-state index is 5.98. The monoisotopic (exact) mass is 307 g/mol. The van der Waals surface area contributed by atoms with Crippen molar-refractivity contribution in [3.63, 3.8) is 0 Å². The van der Waals surface area contributed by atoms with Gasteiger partial charge in [-0.05, 0) is 52.0 Å². The number of nitrogens with zero attached hydrogens (tertiary/aromatic N) is 2. The molecule has 21 heavy (non-hydrogen) atoms. The molecule has 0 saturated heterocycles. The fourth-order valence-corrected chi connectivity index (χ4v) is 2.11. The number of halogens is 1. The number of nitrogens with one attached hydrogen (secondary N) is 1. The van der Waals surface area contributed by atoms with Crippen LogP contribution in [-0.4, -0.2) is 15.3 Å². The molecule has 114 valence electrons. The lowest BCUT2D eigenvalue weighted by Gasteiger charge is -2.20. The lowest BCUT2D eigenvalue weighted by atomic mass is 10.1. The van der Waals surface area contributed by atoms with Crippen LogP contribution in [0.1, 0.15) is 32.0 Å². The molecule has 5 heteroatoms. The predicted octanol–water partition coefficient (Wildman–Crippen LogP) is 4.06. The number of benzene rings is 1. The lowest BCUT2D eigenvalue weighted by molar-refractivity contribution is 0.401. The quantitative estimate of drug-likeness (QED) is 0.925. The summed E-state index contributed by atoms with van der Waals surface area (Å²) >= 11 is 5.90. The van der Waals surface area contributed by atoms with Gasteiger partial charge in [0.1, 0.15) is 5.75 Å². The normalized spacial score (nSPS) is 11.7. The summed E-state index contributed by atoms with van der Waals surface area (Å²) in [4.78, 5) is 0. The van der Waals surface area contributed by atoms with Crippen LogP contribution >= 0.6 is 11.6 Å². The highest BCUT2D eigenvalue weighted by molar-refractivity contribution is 6.30. The standard InChI is InChI=1S/C16H22ClN3O/c1-11-14(10-18-16(2,3)4)15(20(5)19-11)21-13-8-6-12(17)7-9-13/h6-9,18H,10H2,1-5H3. The van der Waals surface area contributed by atoms with Crippen molar-refractivity contribution in [3.05, 3.63) is 40.5 Å². The van der Waals surface area contributed by atoms with E-state index < -0.39 is 0 Å². The van der Waals surface area contributed by atoms with Crippen LogP contribution in [0.4, 0.5) is 0 Å². The molecule has 0 amide bonds. The zero-order chi connectivity index (χ0) is 15.6. The molecule has 0 aliphatic carbocycles. The fraction of sp³-hybridized carbons (Fsp3) is 0.438. The molecule has 0 aliphatic rings. The van der Waals surface area contributed by atoms with E-state index in [1.54, 1.807) is 4.68 Å². The number of aromatic nitrogens is 2. The van der Waals surface area contributed by atoms with Crippen molar-refractivity contribution < 1.29 is 4.74 Å². The van der Waals surface area contributed by atoms with Gasteiger partial charge in [0.15, 0.2) is 0 Å². The van der Waals surface area contributed by atoms with Gasteiger partial charge in [0, 0.05) is 24.2 Å². The molecule has 0 saturated carbocycles. The third kappa shape index (κ3) is 4.22. The molecule has 1 N–H and O–H groups in total. The molecule has 4 nitrogen and oxygen atoms in total. The van der Waals surface area contributed by atoms with Gasteiger partial charge in [0.05, 0.1) is 11.3 Å². The molecule has 0 bridgehead atoms. The van der Waals surface area contributed by atoms with Gasteiger partial charge in [-0.25, -0.2) is 4.68 Å². The van der Waals surface area contributed by atoms with Crippen LogP contribution < -0.4 is 10.1 Å². The summed E-state index contributed by atoms with van der Waals surface area (Å²) in [7, 11) is 1.89. The molecular weight excluding hydrogens is 286 g/mol. The minimum Gasteiger partial charge on any atom is -0.439 e. The number of ether oxygens (including phenoxy) is 1. The Bertz CT molecular complexity index is 612. The summed E-state index contributed by atoms with van der Waals surface area (Å²) < 4.78 is 7.75. The lowest BCUT2D eigenvalue weighted by Crippen LogP contribution is -2.35. The molecular formula is C16H22ClN3O. The molecule has 2 aromatic rings. The molecule has 0 spiro atoms. The second-order valence-corrected chi connectivity index (χ2v) is 6.59. The van der Waals surface area contributed by atoms with Gasteiger partial charge in [-0.1, -0.05) is 11.6 Å². The van der Waals surface area contributed by atoms with E-state index in [9.17, 15) is 0 Å². The SMILES string of the molecule is Cc1nn(C)c(Oc2ccc(Cl)cc2)c1CNC(C)(C)C. The summed E-state index contributed by atoms with van der Waals surface area (Å²) in [5, 5.41) is 8.62. The van der Waals surface area contributed by atoms with Crippen molar-refractivity contribution in [2.24, 2.45) is 7.05 Å². The summed E-state index contributed by atoms with van der Waals surface area (Å²) in [6.07, 6.45) is 0. The molecule has 1 aromatic carbocycles. The van der Waals surface area contributed by atoms with Crippen LogP contribution in [0.2, 0.25) is 5.02 Å². The number of aryl methyl sites for hydroxylation is 2. The Hall–Kier alpha value is -1.52. The van der Waals surface area contributed by atoms with Gasteiger partial charge in [-0.3, -0.25) is 0 Å². The third-order valence-corrected chi connectivity index (χ3v) is 3.36. The Morgan fingerprint density at radius 2 is 1.86 bits per heavy atom. The van der Waals surface area contributed by atoms with Crippen molar-refractivity contribution in [2.75, 3.05) is 0 Å². The first kappa shape index (κ1) is 15.9. The Kier molecular flexibility index (Phi) is 4.59. The highest BCUT2D eigenvalue weighted by Crippen LogP contribution is 2.28. The van der Waals surface area contributed by atoms with Crippen LogP contribution in [-0.2, 0) is 13.6 Å². The smallest absolute Gasteiger partial charge is 0.222 e. The Morgan fingerprint density at radius 3 is 2.43 bits per heavy atom. The number of hydrogen-bond acceptors (Lipinski definition) is 3. The first-order valence-electron chi connectivity index (χ1n) is 6.97. The first-order chi connectivity index (χ1) is 9.76. The van der Waals surface area contributed by atoms with Crippen LogP contribution in [0.5, 0.6) is 11.6 Å². The van der Waals surface area contributed by atoms with Gasteiger partial charge in [-0.2, -0.15) is 5.10 Å². The van der Waals surface area contributed by atoms with Gasteiger partial charge in [0.2, 0.25) is 5.88 Å². The predicted molar refractivity (Wildman–Crippen MR) is 86.1 cm³/mol. The largest absolute Gasteiger partial charge is 0.439 e. The molecule has 0 atom stereocenters. The van der Waals surface area contributed by atoms with E-state index >= 15 is 0 Å². The van der Waals surface area contributed by atoms with E-state index in [0.29, 0.717) is 11.6 Å². The second kappa shape index (κ2) is 6.08. The molecule has 0 fully saturated rings. The van der Waals surface area contributed by atoms with Gasteiger partial charge in [-0.15, -0.1) is 0 Å². The summed E-state index contributed by atoms with van der Waals surface area (Å²) in [5.41, 5.74) is 2.08. The molecule has 2 rings (SSSR count). The average Bonchev–Trinajstić information content (AvgIpc) is 2.64. The van der Waals surface area contributed by atoms with Crippen molar-refractivity contribution in [1.29, 1.82) is 0 Å². The summed E-state index contributed by atoms with van der Waals surface area (Å²) in [6, 6.07) is 7.33. The van der Waals surface area contributed by atoms with E-state index in [-0.39, 0.29) is 5.54 Å². The van der Waals surface area contributed by atoms with E-state index in [0.717, 1.165) is 22.9 Å². The summed E-state index contributed by atoms with van der Waals surface area (Å²) in [6.45, 7) is 9.12. The molecule has 0 unspecified atom stereocenters. The fourth-order valence-electron chi connectivity index (χ4n) is 1.98. The molecule has 1 heterocycles.